The predicted molar refractivity (Wildman–Crippen MR) is 90.0 cm³/mol. The zero-order valence-electron chi connectivity index (χ0n) is 15.7. The van der Waals surface area contributed by atoms with Gasteiger partial charge in [0.15, 0.2) is 12.6 Å². The monoisotopic (exact) mass is 428 g/mol. The molecule has 11 nitrogen and oxygen atoms in total. The third-order valence-corrected chi connectivity index (χ3v) is 5.36. The number of hydrogen-bond donors (Lipinski definition) is 6. The molecule has 3 aliphatic heterocycles. The van der Waals surface area contributed by atoms with Crippen LogP contribution in [0.4, 0.5) is 4.39 Å². The van der Waals surface area contributed by atoms with Gasteiger partial charge in [-0.25, -0.2) is 4.39 Å². The molecule has 6 N–H and O–H groups in total. The van der Waals surface area contributed by atoms with Crippen LogP contribution in [0.15, 0.2) is 0 Å². The largest absolute Gasteiger partial charge is 0.394 e. The minimum Gasteiger partial charge on any atom is -0.394 e. The molecule has 0 aliphatic carbocycles. The van der Waals surface area contributed by atoms with Crippen LogP contribution in [0.2, 0.25) is 0 Å². The lowest BCUT2D eigenvalue weighted by atomic mass is 9.97. The summed E-state index contributed by atoms with van der Waals surface area (Å²) in [5.74, 6) is 0. The smallest absolute Gasteiger partial charge is 0.228 e. The molecule has 0 aromatic carbocycles. The molecule has 170 valence electrons. The van der Waals surface area contributed by atoms with Gasteiger partial charge >= 0.3 is 0 Å². The van der Waals surface area contributed by atoms with Crippen molar-refractivity contribution in [3.05, 3.63) is 0 Å². The quantitative estimate of drug-likeness (QED) is 0.257. The lowest BCUT2D eigenvalue weighted by Gasteiger charge is -2.46. The third-order valence-electron chi connectivity index (χ3n) is 5.36. The molecule has 3 saturated heterocycles. The lowest BCUT2D eigenvalue weighted by molar-refractivity contribution is -0.361. The minimum absolute atomic E-state index is 0.492. The van der Waals surface area contributed by atoms with Gasteiger partial charge in [0.25, 0.3) is 0 Å². The fraction of sp³-hybridized carbons (Fsp3) is 1.00. The van der Waals surface area contributed by atoms with Crippen LogP contribution in [0, 0.1) is 0 Å². The van der Waals surface area contributed by atoms with Crippen LogP contribution in [0.3, 0.4) is 0 Å². The van der Waals surface area contributed by atoms with Gasteiger partial charge in [0.1, 0.15) is 48.8 Å². The van der Waals surface area contributed by atoms with Crippen molar-refractivity contribution in [3.63, 3.8) is 0 Å². The maximum Gasteiger partial charge on any atom is 0.228 e. The Morgan fingerprint density at radius 1 is 0.793 bits per heavy atom. The maximum atomic E-state index is 13.6. The van der Waals surface area contributed by atoms with Gasteiger partial charge in [-0.05, 0) is 19.3 Å². The summed E-state index contributed by atoms with van der Waals surface area (Å²) in [4.78, 5) is 0. The number of hydrogen-bond acceptors (Lipinski definition) is 11. The molecular weight excluding hydrogens is 399 g/mol. The van der Waals surface area contributed by atoms with Gasteiger partial charge < -0.3 is 54.3 Å². The van der Waals surface area contributed by atoms with Crippen LogP contribution in [0.25, 0.3) is 0 Å². The van der Waals surface area contributed by atoms with Crippen molar-refractivity contribution in [3.8, 4) is 0 Å². The number of aliphatic hydroxyl groups excluding tert-OH is 6. The van der Waals surface area contributed by atoms with Crippen molar-refractivity contribution < 1.29 is 58.7 Å². The molecular formula is C17H29FO11. The van der Waals surface area contributed by atoms with Gasteiger partial charge in [0.2, 0.25) is 6.36 Å². The summed E-state index contributed by atoms with van der Waals surface area (Å²) in [5.41, 5.74) is 0. The molecule has 0 aromatic heterocycles. The van der Waals surface area contributed by atoms with Crippen molar-refractivity contribution in [1.29, 1.82) is 0 Å². The number of ether oxygens (including phenoxy) is 5. The fourth-order valence-corrected chi connectivity index (χ4v) is 3.69. The predicted octanol–water partition coefficient (Wildman–Crippen LogP) is -2.87. The highest BCUT2D eigenvalue weighted by Gasteiger charge is 2.51. The second kappa shape index (κ2) is 10.2. The molecule has 0 radical (unpaired) electrons. The average molecular weight is 428 g/mol. The fourth-order valence-electron chi connectivity index (χ4n) is 3.69. The third kappa shape index (κ3) is 5.05. The van der Waals surface area contributed by atoms with Crippen LogP contribution in [0.5, 0.6) is 0 Å². The Morgan fingerprint density at radius 2 is 1.41 bits per heavy atom. The molecule has 0 spiro atoms. The topological polar surface area (TPSA) is 168 Å². The van der Waals surface area contributed by atoms with Crippen molar-refractivity contribution in [2.45, 2.75) is 87.0 Å². The molecule has 3 heterocycles. The highest BCUT2D eigenvalue weighted by Crippen LogP contribution is 2.31. The van der Waals surface area contributed by atoms with Gasteiger partial charge in [-0.2, -0.15) is 0 Å². The summed E-state index contributed by atoms with van der Waals surface area (Å²) in [7, 11) is 0. The standard InChI is InChI=1S/C17H29FO11/c18-16-12(23)10(21)15(7(5-19)26-16)29-17-13(24)11(22)14(8(6-20)27-17)28-9-3-1-2-4-25-9/h7-17,19-24H,1-6H2/t7?,8?,9?,10?,11?,12?,13?,14-,15-,16+,17-/m1/s1. The van der Waals surface area contributed by atoms with Gasteiger partial charge in [-0.3, -0.25) is 0 Å². The van der Waals surface area contributed by atoms with Crippen LogP contribution in [0.1, 0.15) is 19.3 Å². The molecule has 0 aromatic rings. The van der Waals surface area contributed by atoms with Crippen LogP contribution < -0.4 is 0 Å². The molecule has 29 heavy (non-hydrogen) atoms. The molecule has 11 atom stereocenters. The summed E-state index contributed by atoms with van der Waals surface area (Å²) in [6.07, 6.45) is -14.1. The molecule has 0 amide bonds. The summed E-state index contributed by atoms with van der Waals surface area (Å²) in [5, 5.41) is 59.7. The first-order chi connectivity index (χ1) is 13.9. The zero-order valence-corrected chi connectivity index (χ0v) is 15.7. The van der Waals surface area contributed by atoms with E-state index >= 15 is 0 Å². The summed E-state index contributed by atoms with van der Waals surface area (Å²) >= 11 is 0. The first-order valence-corrected chi connectivity index (χ1v) is 9.68. The maximum absolute atomic E-state index is 13.6. The number of aliphatic hydroxyl groups is 6. The van der Waals surface area contributed by atoms with Gasteiger partial charge in [-0.15, -0.1) is 0 Å². The van der Waals surface area contributed by atoms with Crippen LogP contribution in [-0.2, 0) is 23.7 Å². The Balaban J connectivity index is 1.67. The summed E-state index contributed by atoms with van der Waals surface area (Å²) < 4.78 is 40.4. The van der Waals surface area contributed by atoms with Gasteiger partial charge in [0.05, 0.1) is 13.2 Å². The van der Waals surface area contributed by atoms with Crippen molar-refractivity contribution in [2.24, 2.45) is 0 Å². The Hall–Kier alpha value is -0.510. The SMILES string of the molecule is OCC1O[C@H](O[C@@H]2C(CO)O[C@H](F)C(O)C2O)C(O)C(O)[C@@H]1OC1CCCCO1. The highest BCUT2D eigenvalue weighted by molar-refractivity contribution is 4.94. The van der Waals surface area contributed by atoms with E-state index in [1.165, 1.54) is 0 Å². The van der Waals surface area contributed by atoms with E-state index in [1.807, 2.05) is 0 Å². The highest BCUT2D eigenvalue weighted by atomic mass is 19.1. The zero-order chi connectivity index (χ0) is 21.1. The van der Waals surface area contributed by atoms with E-state index in [1.54, 1.807) is 0 Å². The molecule has 3 fully saturated rings. The second-order valence-corrected chi connectivity index (χ2v) is 7.39. The van der Waals surface area contributed by atoms with Gasteiger partial charge in [-0.1, -0.05) is 0 Å². The lowest BCUT2D eigenvalue weighted by Crippen LogP contribution is -2.64. The Kier molecular flexibility index (Phi) is 8.14. The second-order valence-electron chi connectivity index (χ2n) is 7.39. The van der Waals surface area contributed by atoms with Crippen molar-refractivity contribution in [1.82, 2.24) is 0 Å². The average Bonchev–Trinajstić information content (AvgIpc) is 2.73. The van der Waals surface area contributed by atoms with Crippen LogP contribution >= 0.6 is 0 Å². The van der Waals surface area contributed by atoms with Crippen molar-refractivity contribution >= 4 is 0 Å². The van der Waals surface area contributed by atoms with E-state index < -0.39 is 81.0 Å². The number of alkyl halides is 1. The normalized spacial score (nSPS) is 49.1. The van der Waals surface area contributed by atoms with Crippen LogP contribution in [-0.4, -0.2) is 118 Å². The Labute approximate surface area is 166 Å². The molecule has 3 aliphatic rings. The molecule has 3 rings (SSSR count). The number of halogens is 1. The van der Waals surface area contributed by atoms with E-state index in [0.29, 0.717) is 13.0 Å². The molecule has 0 saturated carbocycles. The minimum atomic E-state index is -2.23. The molecule has 0 bridgehead atoms. The van der Waals surface area contributed by atoms with Gasteiger partial charge in [0, 0.05) is 6.61 Å². The van der Waals surface area contributed by atoms with E-state index in [9.17, 15) is 35.0 Å². The first-order valence-electron chi connectivity index (χ1n) is 9.68. The molecule has 7 unspecified atom stereocenters. The summed E-state index contributed by atoms with van der Waals surface area (Å²) in [6, 6.07) is 0. The van der Waals surface area contributed by atoms with Crippen molar-refractivity contribution in [2.75, 3.05) is 19.8 Å². The molecule has 12 heteroatoms. The Bertz CT molecular complexity index is 504. The Morgan fingerprint density at radius 3 is 2.03 bits per heavy atom. The van der Waals surface area contributed by atoms with E-state index in [4.69, 9.17) is 23.7 Å². The van der Waals surface area contributed by atoms with E-state index in [-0.39, 0.29) is 0 Å². The van der Waals surface area contributed by atoms with E-state index in [0.717, 1.165) is 12.8 Å². The first kappa shape index (κ1) is 23.2. The summed E-state index contributed by atoms with van der Waals surface area (Å²) in [6.45, 7) is -0.829. The van der Waals surface area contributed by atoms with E-state index in [2.05, 4.69) is 0 Å². The number of rotatable bonds is 6.